The summed E-state index contributed by atoms with van der Waals surface area (Å²) in [7, 11) is 2.74. The van der Waals surface area contributed by atoms with E-state index >= 15 is 0 Å². The van der Waals surface area contributed by atoms with Gasteiger partial charge in [-0.05, 0) is 64.0 Å². The van der Waals surface area contributed by atoms with E-state index in [9.17, 15) is 29.1 Å². The third kappa shape index (κ3) is 9.66. The number of benzene rings is 1. The van der Waals surface area contributed by atoms with Gasteiger partial charge in [-0.2, -0.15) is 0 Å². The summed E-state index contributed by atoms with van der Waals surface area (Å²) >= 11 is 3.22. The summed E-state index contributed by atoms with van der Waals surface area (Å²) in [4.78, 5) is 73.6. The number of pyridine rings is 1. The van der Waals surface area contributed by atoms with E-state index in [0.29, 0.717) is 47.2 Å². The van der Waals surface area contributed by atoms with Crippen LogP contribution in [0.15, 0.2) is 30.4 Å². The molecule has 1 aromatic heterocycles. The standard InChI is InChI=1S/C38H49BrN4O10/c1-22-31(50-2)16-15-26-32(18-28(30(45)19-39)40-33(22)26)52-25-17-29-35(46)42-34(37(48)51-3)23(21-44)11-7-5-4-6-8-14-27(36(47)43(29)20-25)41-38(49)53-24-12-9-10-13-24/h7,11,15-16,18,23-25,27,29,34,44H,4-6,8-10,12-14,17,19-21H2,1-3H3,(H,41,49)(H,42,46)/b11-7-/t23?,25-,27+,29+,34?/m1/s1. The van der Waals surface area contributed by atoms with Crippen molar-refractivity contribution in [2.24, 2.45) is 5.92 Å². The Morgan fingerprint density at radius 2 is 1.79 bits per heavy atom. The van der Waals surface area contributed by atoms with Crippen LogP contribution in [0.3, 0.4) is 0 Å². The molecular formula is C38H49BrN4O10. The van der Waals surface area contributed by atoms with Crippen molar-refractivity contribution in [3.05, 3.63) is 41.6 Å². The molecule has 1 saturated carbocycles. The number of carbonyl (C=O) groups is 5. The van der Waals surface area contributed by atoms with E-state index in [1.807, 2.05) is 13.0 Å². The first-order valence-corrected chi connectivity index (χ1v) is 19.4. The van der Waals surface area contributed by atoms with Crippen LogP contribution in [0.5, 0.6) is 11.5 Å². The molecule has 0 spiro atoms. The summed E-state index contributed by atoms with van der Waals surface area (Å²) in [5.41, 5.74) is 1.37. The third-order valence-electron chi connectivity index (χ3n) is 10.2. The number of nitrogens with zero attached hydrogens (tertiary/aromatic N) is 2. The third-order valence-corrected chi connectivity index (χ3v) is 10.7. The number of rotatable bonds is 9. The number of aliphatic hydroxyl groups excluding tert-OH is 1. The van der Waals surface area contributed by atoms with Gasteiger partial charge in [-0.15, -0.1) is 0 Å². The number of aliphatic hydroxyl groups is 1. The van der Waals surface area contributed by atoms with Gasteiger partial charge in [-0.3, -0.25) is 14.4 Å². The molecule has 1 aliphatic carbocycles. The zero-order valence-corrected chi connectivity index (χ0v) is 32.0. The number of amides is 3. The van der Waals surface area contributed by atoms with Crippen LogP contribution in [0.4, 0.5) is 4.79 Å². The predicted molar refractivity (Wildman–Crippen MR) is 198 cm³/mol. The number of aromatic nitrogens is 1. The van der Waals surface area contributed by atoms with Gasteiger partial charge in [0.1, 0.15) is 47.5 Å². The lowest BCUT2D eigenvalue weighted by Gasteiger charge is -2.30. The number of hydrogen-bond acceptors (Lipinski definition) is 11. The quantitative estimate of drug-likeness (QED) is 0.142. The molecule has 2 aliphatic heterocycles. The Morgan fingerprint density at radius 3 is 2.49 bits per heavy atom. The zero-order chi connectivity index (χ0) is 38.1. The molecule has 2 aromatic rings. The van der Waals surface area contributed by atoms with Crippen molar-refractivity contribution in [3.63, 3.8) is 0 Å². The Bertz CT molecular complexity index is 1700. The number of ether oxygens (including phenoxy) is 4. The summed E-state index contributed by atoms with van der Waals surface area (Å²) in [5, 5.41) is 16.4. The van der Waals surface area contributed by atoms with Crippen LogP contribution in [0.1, 0.15) is 80.3 Å². The average Bonchev–Trinajstić information content (AvgIpc) is 3.84. The van der Waals surface area contributed by atoms with Gasteiger partial charge < -0.3 is 39.6 Å². The van der Waals surface area contributed by atoms with E-state index < -0.39 is 60.6 Å². The number of allylic oxidation sites excluding steroid dienone is 1. The van der Waals surface area contributed by atoms with Crippen molar-refractivity contribution in [2.45, 2.75) is 101 Å². The normalized spacial score (nSPS) is 25.1. The van der Waals surface area contributed by atoms with Gasteiger partial charge in [-0.25, -0.2) is 14.6 Å². The van der Waals surface area contributed by atoms with Crippen LogP contribution in [0.2, 0.25) is 0 Å². The molecule has 3 aliphatic rings. The fraction of sp³-hybridized carbons (Fsp3) is 0.579. The number of nitrogens with one attached hydrogen (secondary N) is 2. The molecule has 15 heteroatoms. The minimum atomic E-state index is -1.23. The number of alkyl halides is 1. The van der Waals surface area contributed by atoms with Crippen molar-refractivity contribution in [1.29, 1.82) is 0 Å². The smallest absolute Gasteiger partial charge is 0.408 e. The monoisotopic (exact) mass is 800 g/mol. The molecule has 2 unspecified atom stereocenters. The second-order valence-corrected chi connectivity index (χ2v) is 14.3. The Labute approximate surface area is 317 Å². The molecule has 3 amide bonds. The number of aryl methyl sites for hydroxylation is 1. The lowest BCUT2D eigenvalue weighted by molar-refractivity contribution is -0.148. The van der Waals surface area contributed by atoms with Crippen LogP contribution in [-0.2, 0) is 23.9 Å². The first kappa shape index (κ1) is 40.0. The van der Waals surface area contributed by atoms with Crippen molar-refractivity contribution in [1.82, 2.24) is 20.5 Å². The van der Waals surface area contributed by atoms with E-state index in [-0.39, 0.29) is 35.9 Å². The number of ketones is 1. The van der Waals surface area contributed by atoms with Gasteiger partial charge in [0, 0.05) is 29.4 Å². The number of fused-ring (bicyclic) bond motifs is 2. The second-order valence-electron chi connectivity index (χ2n) is 13.8. The molecule has 3 heterocycles. The second kappa shape index (κ2) is 18.7. The van der Waals surface area contributed by atoms with E-state index in [1.165, 1.54) is 12.0 Å². The minimum Gasteiger partial charge on any atom is -0.496 e. The Balaban J connectivity index is 1.50. The van der Waals surface area contributed by atoms with Gasteiger partial charge in [-0.1, -0.05) is 40.9 Å². The molecule has 1 saturated heterocycles. The maximum Gasteiger partial charge on any atom is 0.408 e. The van der Waals surface area contributed by atoms with E-state index in [4.69, 9.17) is 18.9 Å². The Hall–Kier alpha value is -4.24. The van der Waals surface area contributed by atoms with Crippen molar-refractivity contribution in [2.75, 3.05) is 32.7 Å². The summed E-state index contributed by atoms with van der Waals surface area (Å²) in [5.74, 6) is -2.02. The minimum absolute atomic E-state index is 0.0189. The van der Waals surface area contributed by atoms with Gasteiger partial charge >= 0.3 is 12.1 Å². The summed E-state index contributed by atoms with van der Waals surface area (Å²) < 4.78 is 22.7. The van der Waals surface area contributed by atoms with E-state index in [1.54, 1.807) is 31.4 Å². The summed E-state index contributed by atoms with van der Waals surface area (Å²) in [6, 6.07) is 1.75. The number of hydrogen-bond donors (Lipinski definition) is 3. The lowest BCUT2D eigenvalue weighted by Crippen LogP contribution is -2.56. The highest BCUT2D eigenvalue weighted by molar-refractivity contribution is 9.09. The van der Waals surface area contributed by atoms with E-state index in [0.717, 1.165) is 38.5 Å². The maximum atomic E-state index is 14.5. The lowest BCUT2D eigenvalue weighted by atomic mass is 9.98. The van der Waals surface area contributed by atoms with Crippen LogP contribution < -0.4 is 20.1 Å². The van der Waals surface area contributed by atoms with E-state index in [2.05, 4.69) is 31.5 Å². The zero-order valence-electron chi connectivity index (χ0n) is 30.4. The average molecular weight is 802 g/mol. The molecule has 1 aromatic carbocycles. The number of Topliss-reactive ketones (excluding diaryl/α,β-unsaturated/α-hetero) is 1. The number of carbonyl (C=O) groups excluding carboxylic acids is 5. The number of methoxy groups -OCH3 is 2. The molecule has 0 radical (unpaired) electrons. The van der Waals surface area contributed by atoms with Gasteiger partial charge in [0.05, 0.1) is 38.2 Å². The number of halogens is 1. The van der Waals surface area contributed by atoms with Crippen LogP contribution in [0, 0.1) is 12.8 Å². The van der Waals surface area contributed by atoms with Crippen molar-refractivity contribution >= 4 is 56.5 Å². The van der Waals surface area contributed by atoms with Gasteiger partial charge in [0.25, 0.3) is 0 Å². The van der Waals surface area contributed by atoms with Gasteiger partial charge in [0.2, 0.25) is 11.8 Å². The fourth-order valence-electron chi connectivity index (χ4n) is 7.31. The molecule has 53 heavy (non-hydrogen) atoms. The fourth-order valence-corrected chi connectivity index (χ4v) is 7.60. The number of esters is 1. The van der Waals surface area contributed by atoms with Crippen LogP contribution in [-0.4, -0.2) is 108 Å². The van der Waals surface area contributed by atoms with Gasteiger partial charge in [0.15, 0.2) is 5.78 Å². The highest BCUT2D eigenvalue weighted by Crippen LogP contribution is 2.35. The Morgan fingerprint density at radius 1 is 1.04 bits per heavy atom. The maximum absolute atomic E-state index is 14.5. The molecule has 288 valence electrons. The molecular weight excluding hydrogens is 752 g/mol. The molecule has 2 fully saturated rings. The van der Waals surface area contributed by atoms with Crippen molar-refractivity contribution in [3.8, 4) is 11.5 Å². The molecule has 5 atom stereocenters. The van der Waals surface area contributed by atoms with Crippen LogP contribution in [0.25, 0.3) is 10.9 Å². The Kier molecular flexibility index (Phi) is 14.1. The first-order chi connectivity index (χ1) is 25.6. The molecule has 5 rings (SSSR count). The highest BCUT2D eigenvalue weighted by atomic mass is 79.9. The molecule has 3 N–H and O–H groups in total. The predicted octanol–water partition coefficient (Wildman–Crippen LogP) is 4.30. The summed E-state index contributed by atoms with van der Waals surface area (Å²) in [6.45, 7) is 1.35. The molecule has 0 bridgehead atoms. The largest absolute Gasteiger partial charge is 0.496 e. The SMILES string of the molecule is COC(=O)C1NC(=O)[C@@H]2C[C@@H](Oc3cc(C(=O)CBr)nc4c(C)c(OC)ccc34)CN2C(=O)[C@@H](NC(=O)OC2CCCC2)CCCCC/C=C\C1CO. The van der Waals surface area contributed by atoms with Crippen molar-refractivity contribution < 1.29 is 48.0 Å². The number of alkyl carbamates (subject to hydrolysis) is 1. The summed E-state index contributed by atoms with van der Waals surface area (Å²) in [6.07, 6.45) is 8.51. The topological polar surface area (TPSA) is 183 Å². The van der Waals surface area contributed by atoms with Crippen LogP contribution >= 0.6 is 15.9 Å². The highest BCUT2D eigenvalue weighted by Gasteiger charge is 2.45. The first-order valence-electron chi connectivity index (χ1n) is 18.3. The molecule has 14 nitrogen and oxygen atoms in total.